The van der Waals surface area contributed by atoms with Gasteiger partial charge in [-0.1, -0.05) is 30.3 Å². The third-order valence-corrected chi connectivity index (χ3v) is 4.96. The Morgan fingerprint density at radius 1 is 1.12 bits per heavy atom. The smallest absolute Gasteiger partial charge is 0.272 e. The van der Waals surface area contributed by atoms with E-state index in [0.29, 0.717) is 32.0 Å². The fourth-order valence-corrected chi connectivity index (χ4v) is 3.41. The van der Waals surface area contributed by atoms with Gasteiger partial charge in [0.05, 0.1) is 24.3 Å². The SMILES string of the molecule is Cn1nc(-c2ccccc2)cc1C(=O)N1CC2(COC(C)(C)OC2)C1. The lowest BCUT2D eigenvalue weighted by Crippen LogP contribution is -2.66. The number of benzene rings is 1. The molecular weight excluding hydrogens is 318 g/mol. The highest BCUT2D eigenvalue weighted by Crippen LogP contribution is 2.38. The number of hydrogen-bond donors (Lipinski definition) is 0. The molecule has 25 heavy (non-hydrogen) atoms. The monoisotopic (exact) mass is 341 g/mol. The van der Waals surface area contributed by atoms with Crippen LogP contribution in [0.4, 0.5) is 0 Å². The Hall–Kier alpha value is -2.18. The van der Waals surface area contributed by atoms with Crippen molar-refractivity contribution >= 4 is 5.91 Å². The Bertz CT molecular complexity index is 780. The molecule has 0 atom stereocenters. The molecule has 6 nitrogen and oxygen atoms in total. The summed E-state index contributed by atoms with van der Waals surface area (Å²) in [7, 11) is 1.81. The maximum atomic E-state index is 12.8. The number of likely N-dealkylation sites (tertiary alicyclic amines) is 1. The molecule has 3 heterocycles. The van der Waals surface area contributed by atoms with E-state index < -0.39 is 5.79 Å². The van der Waals surface area contributed by atoms with Crippen LogP contribution in [0.5, 0.6) is 0 Å². The molecule has 2 aromatic rings. The number of ether oxygens (including phenoxy) is 2. The number of hydrogen-bond acceptors (Lipinski definition) is 4. The Morgan fingerprint density at radius 2 is 1.76 bits per heavy atom. The highest BCUT2D eigenvalue weighted by atomic mass is 16.7. The van der Waals surface area contributed by atoms with Crippen LogP contribution in [-0.4, -0.2) is 52.7 Å². The van der Waals surface area contributed by atoms with Crippen LogP contribution in [0.1, 0.15) is 24.3 Å². The maximum Gasteiger partial charge on any atom is 0.272 e. The first-order valence-corrected chi connectivity index (χ1v) is 8.54. The van der Waals surface area contributed by atoms with Crippen molar-refractivity contribution in [2.75, 3.05) is 26.3 Å². The van der Waals surface area contributed by atoms with Crippen molar-refractivity contribution in [1.29, 1.82) is 0 Å². The van der Waals surface area contributed by atoms with Gasteiger partial charge in [0.25, 0.3) is 5.91 Å². The minimum absolute atomic E-state index is 0.00707. The first kappa shape index (κ1) is 16.3. The molecule has 1 spiro atoms. The predicted molar refractivity (Wildman–Crippen MR) is 93.0 cm³/mol. The van der Waals surface area contributed by atoms with Gasteiger partial charge < -0.3 is 14.4 Å². The van der Waals surface area contributed by atoms with Crippen LogP contribution in [0.25, 0.3) is 11.3 Å². The summed E-state index contributed by atoms with van der Waals surface area (Å²) >= 11 is 0. The van der Waals surface area contributed by atoms with Crippen LogP contribution in [0.15, 0.2) is 36.4 Å². The molecule has 2 aliphatic heterocycles. The number of amides is 1. The zero-order valence-corrected chi connectivity index (χ0v) is 14.9. The van der Waals surface area contributed by atoms with Gasteiger partial charge in [-0.05, 0) is 19.9 Å². The Kier molecular flexibility index (Phi) is 3.70. The van der Waals surface area contributed by atoms with Gasteiger partial charge in [-0.25, -0.2) is 0 Å². The predicted octanol–water partition coefficient (Wildman–Crippen LogP) is 2.31. The van der Waals surface area contributed by atoms with E-state index in [9.17, 15) is 4.79 Å². The third-order valence-electron chi connectivity index (χ3n) is 4.96. The molecule has 0 saturated carbocycles. The first-order chi connectivity index (χ1) is 11.9. The van der Waals surface area contributed by atoms with Gasteiger partial charge in [0.2, 0.25) is 0 Å². The van der Waals surface area contributed by atoms with Gasteiger partial charge in [0.15, 0.2) is 5.79 Å². The quantitative estimate of drug-likeness (QED) is 0.841. The molecule has 0 radical (unpaired) electrons. The summed E-state index contributed by atoms with van der Waals surface area (Å²) in [5, 5.41) is 4.49. The largest absolute Gasteiger partial charge is 0.350 e. The van der Waals surface area contributed by atoms with Crippen LogP contribution in [0.2, 0.25) is 0 Å². The normalized spacial score (nSPS) is 21.2. The number of rotatable bonds is 2. The second-order valence-electron chi connectivity index (χ2n) is 7.54. The van der Waals surface area contributed by atoms with Gasteiger partial charge >= 0.3 is 0 Å². The molecule has 0 bridgehead atoms. The van der Waals surface area contributed by atoms with E-state index >= 15 is 0 Å². The van der Waals surface area contributed by atoms with Crippen LogP contribution in [0, 0.1) is 5.41 Å². The molecule has 2 saturated heterocycles. The van der Waals surface area contributed by atoms with Crippen molar-refractivity contribution in [2.24, 2.45) is 12.5 Å². The molecule has 2 fully saturated rings. The Labute approximate surface area is 147 Å². The lowest BCUT2D eigenvalue weighted by atomic mass is 9.80. The minimum atomic E-state index is -0.525. The average molecular weight is 341 g/mol. The van der Waals surface area contributed by atoms with Gasteiger partial charge in [-0.15, -0.1) is 0 Å². The second-order valence-corrected chi connectivity index (χ2v) is 7.54. The van der Waals surface area contributed by atoms with Crippen LogP contribution in [-0.2, 0) is 16.5 Å². The van der Waals surface area contributed by atoms with E-state index in [1.54, 1.807) is 4.68 Å². The van der Waals surface area contributed by atoms with E-state index in [1.807, 2.05) is 62.2 Å². The average Bonchev–Trinajstić information content (AvgIpc) is 2.95. The molecule has 1 aromatic carbocycles. The number of aromatic nitrogens is 2. The standard InChI is InChI=1S/C19H23N3O3/c1-18(2)24-12-19(13-25-18)10-22(11-19)17(23)16-9-15(20-21(16)3)14-7-5-4-6-8-14/h4-9H,10-13H2,1-3H3. The summed E-state index contributed by atoms with van der Waals surface area (Å²) in [6, 6.07) is 11.7. The van der Waals surface area contributed by atoms with E-state index in [-0.39, 0.29) is 11.3 Å². The summed E-state index contributed by atoms with van der Waals surface area (Å²) in [4.78, 5) is 14.7. The Morgan fingerprint density at radius 3 is 2.40 bits per heavy atom. The minimum Gasteiger partial charge on any atom is -0.350 e. The Balaban J connectivity index is 1.46. The van der Waals surface area contributed by atoms with Crippen molar-refractivity contribution in [3.8, 4) is 11.3 Å². The molecule has 0 N–H and O–H groups in total. The van der Waals surface area contributed by atoms with E-state index in [2.05, 4.69) is 5.10 Å². The lowest BCUT2D eigenvalue weighted by Gasteiger charge is -2.53. The summed E-state index contributed by atoms with van der Waals surface area (Å²) < 4.78 is 13.2. The summed E-state index contributed by atoms with van der Waals surface area (Å²) in [5.74, 6) is -0.518. The molecule has 0 aliphatic carbocycles. The fourth-order valence-electron chi connectivity index (χ4n) is 3.41. The van der Waals surface area contributed by atoms with Crippen molar-refractivity contribution in [2.45, 2.75) is 19.6 Å². The van der Waals surface area contributed by atoms with E-state index in [4.69, 9.17) is 9.47 Å². The van der Waals surface area contributed by atoms with Crippen molar-refractivity contribution in [1.82, 2.24) is 14.7 Å². The van der Waals surface area contributed by atoms with E-state index in [1.165, 1.54) is 0 Å². The van der Waals surface area contributed by atoms with E-state index in [0.717, 1.165) is 11.3 Å². The molecule has 0 unspecified atom stereocenters. The zero-order chi connectivity index (χ0) is 17.7. The number of aryl methyl sites for hydroxylation is 1. The van der Waals surface area contributed by atoms with Crippen LogP contribution in [0.3, 0.4) is 0 Å². The third kappa shape index (κ3) is 2.96. The van der Waals surface area contributed by atoms with Crippen molar-refractivity contribution < 1.29 is 14.3 Å². The highest BCUT2D eigenvalue weighted by molar-refractivity contribution is 5.94. The molecule has 4 rings (SSSR count). The van der Waals surface area contributed by atoms with Crippen LogP contribution < -0.4 is 0 Å². The molecular formula is C19H23N3O3. The highest BCUT2D eigenvalue weighted by Gasteiger charge is 2.50. The summed E-state index contributed by atoms with van der Waals surface area (Å²) in [6.07, 6.45) is 0. The van der Waals surface area contributed by atoms with Crippen molar-refractivity contribution in [3.05, 3.63) is 42.1 Å². The molecule has 6 heteroatoms. The summed E-state index contributed by atoms with van der Waals surface area (Å²) in [5.41, 5.74) is 2.36. The van der Waals surface area contributed by atoms with Gasteiger partial charge in [-0.3, -0.25) is 9.48 Å². The number of carbonyl (C=O) groups is 1. The summed E-state index contributed by atoms with van der Waals surface area (Å²) in [6.45, 7) is 6.42. The second kappa shape index (κ2) is 5.68. The van der Waals surface area contributed by atoms with Crippen molar-refractivity contribution in [3.63, 3.8) is 0 Å². The number of nitrogens with zero attached hydrogens (tertiary/aromatic N) is 3. The topological polar surface area (TPSA) is 56.6 Å². The van der Waals surface area contributed by atoms with Gasteiger partial charge in [0, 0.05) is 25.7 Å². The molecule has 2 aliphatic rings. The van der Waals surface area contributed by atoms with Gasteiger partial charge in [-0.2, -0.15) is 5.10 Å². The lowest BCUT2D eigenvalue weighted by molar-refractivity contribution is -0.301. The number of carbonyl (C=O) groups excluding carboxylic acids is 1. The fraction of sp³-hybridized carbons (Fsp3) is 0.474. The zero-order valence-electron chi connectivity index (χ0n) is 14.9. The molecule has 1 amide bonds. The van der Waals surface area contributed by atoms with Gasteiger partial charge in [0.1, 0.15) is 5.69 Å². The molecule has 1 aromatic heterocycles. The molecule has 132 valence electrons. The van der Waals surface area contributed by atoms with Crippen LogP contribution >= 0.6 is 0 Å². The first-order valence-electron chi connectivity index (χ1n) is 8.54. The maximum absolute atomic E-state index is 12.8.